The first kappa shape index (κ1) is 11.9. The Kier molecular flexibility index (Phi) is 4.45. The van der Waals surface area contributed by atoms with Crippen LogP contribution in [-0.4, -0.2) is 30.0 Å². The molecule has 0 saturated carbocycles. The highest BCUT2D eigenvalue weighted by atomic mass is 16.5. The third kappa shape index (κ3) is 3.81. The summed E-state index contributed by atoms with van der Waals surface area (Å²) in [5.74, 6) is 0.482. The standard InChI is InChI=1S/C10H17N3O2/c1-7(2)15-6-8(11)9-4-5-10(14-3)13-12-9/h4-5,7-8H,6,11H2,1-3H3. The molecular formula is C10H17N3O2. The largest absolute Gasteiger partial charge is 0.480 e. The molecule has 0 bridgehead atoms. The van der Waals surface area contributed by atoms with E-state index in [1.807, 2.05) is 13.8 Å². The molecule has 0 aliphatic heterocycles. The van der Waals surface area contributed by atoms with Crippen LogP contribution in [0.5, 0.6) is 5.88 Å². The average Bonchev–Trinajstić information content (AvgIpc) is 2.26. The number of hydrogen-bond donors (Lipinski definition) is 1. The van der Waals surface area contributed by atoms with Crippen LogP contribution in [0.2, 0.25) is 0 Å². The minimum Gasteiger partial charge on any atom is -0.480 e. The Morgan fingerprint density at radius 1 is 1.33 bits per heavy atom. The van der Waals surface area contributed by atoms with Gasteiger partial charge in [-0.1, -0.05) is 0 Å². The monoisotopic (exact) mass is 211 g/mol. The van der Waals surface area contributed by atoms with Gasteiger partial charge >= 0.3 is 0 Å². The molecule has 0 saturated heterocycles. The lowest BCUT2D eigenvalue weighted by atomic mass is 10.2. The quantitative estimate of drug-likeness (QED) is 0.783. The second-order valence-electron chi connectivity index (χ2n) is 3.49. The summed E-state index contributed by atoms with van der Waals surface area (Å²) >= 11 is 0. The van der Waals surface area contributed by atoms with E-state index in [2.05, 4.69) is 10.2 Å². The van der Waals surface area contributed by atoms with Gasteiger partial charge in [-0.15, -0.1) is 5.10 Å². The molecule has 0 spiro atoms. The Morgan fingerprint density at radius 3 is 2.53 bits per heavy atom. The number of hydrogen-bond acceptors (Lipinski definition) is 5. The van der Waals surface area contributed by atoms with Crippen molar-refractivity contribution in [3.8, 4) is 5.88 Å². The molecule has 0 aliphatic carbocycles. The van der Waals surface area contributed by atoms with E-state index in [9.17, 15) is 0 Å². The van der Waals surface area contributed by atoms with Gasteiger partial charge in [0.15, 0.2) is 0 Å². The second kappa shape index (κ2) is 5.63. The lowest BCUT2D eigenvalue weighted by Crippen LogP contribution is -2.21. The third-order valence-corrected chi connectivity index (χ3v) is 1.86. The third-order valence-electron chi connectivity index (χ3n) is 1.86. The number of methoxy groups -OCH3 is 1. The van der Waals surface area contributed by atoms with Crippen molar-refractivity contribution in [2.24, 2.45) is 5.73 Å². The Labute approximate surface area is 89.6 Å². The maximum Gasteiger partial charge on any atom is 0.233 e. The normalized spacial score (nSPS) is 12.9. The second-order valence-corrected chi connectivity index (χ2v) is 3.49. The summed E-state index contributed by atoms with van der Waals surface area (Å²) in [6.07, 6.45) is 0.169. The predicted octanol–water partition coefficient (Wildman–Crippen LogP) is 0.910. The van der Waals surface area contributed by atoms with Gasteiger partial charge in [0.1, 0.15) is 0 Å². The summed E-state index contributed by atoms with van der Waals surface area (Å²) in [5, 5.41) is 7.78. The molecule has 0 aromatic carbocycles. The molecule has 1 unspecified atom stereocenters. The fraction of sp³-hybridized carbons (Fsp3) is 0.600. The van der Waals surface area contributed by atoms with Crippen molar-refractivity contribution in [3.63, 3.8) is 0 Å². The fourth-order valence-electron chi connectivity index (χ4n) is 1.02. The van der Waals surface area contributed by atoms with Crippen LogP contribution in [0.4, 0.5) is 0 Å². The van der Waals surface area contributed by atoms with Gasteiger partial charge in [-0.05, 0) is 19.9 Å². The van der Waals surface area contributed by atoms with Gasteiger partial charge in [0.2, 0.25) is 5.88 Å². The lowest BCUT2D eigenvalue weighted by Gasteiger charge is -2.13. The maximum atomic E-state index is 5.87. The number of aromatic nitrogens is 2. The summed E-state index contributed by atoms with van der Waals surface area (Å²) in [5.41, 5.74) is 6.57. The lowest BCUT2D eigenvalue weighted by molar-refractivity contribution is 0.0674. The van der Waals surface area contributed by atoms with Crippen LogP contribution in [-0.2, 0) is 4.74 Å². The molecule has 1 atom stereocenters. The zero-order valence-electron chi connectivity index (χ0n) is 9.30. The number of rotatable bonds is 5. The van der Waals surface area contributed by atoms with Crippen molar-refractivity contribution in [3.05, 3.63) is 17.8 Å². The minimum atomic E-state index is -0.245. The van der Waals surface area contributed by atoms with Gasteiger partial charge in [-0.25, -0.2) is 0 Å². The average molecular weight is 211 g/mol. The van der Waals surface area contributed by atoms with Gasteiger partial charge < -0.3 is 15.2 Å². The molecule has 1 heterocycles. The van der Waals surface area contributed by atoms with Crippen LogP contribution in [0, 0.1) is 0 Å². The Morgan fingerprint density at radius 2 is 2.07 bits per heavy atom. The van der Waals surface area contributed by atoms with Crippen LogP contribution in [0.15, 0.2) is 12.1 Å². The van der Waals surface area contributed by atoms with Crippen molar-refractivity contribution in [2.45, 2.75) is 26.0 Å². The van der Waals surface area contributed by atoms with E-state index in [-0.39, 0.29) is 12.1 Å². The smallest absolute Gasteiger partial charge is 0.233 e. The van der Waals surface area contributed by atoms with Gasteiger partial charge in [0.05, 0.1) is 31.6 Å². The highest BCUT2D eigenvalue weighted by Gasteiger charge is 2.09. The summed E-state index contributed by atoms with van der Waals surface area (Å²) in [4.78, 5) is 0. The highest BCUT2D eigenvalue weighted by Crippen LogP contribution is 2.10. The van der Waals surface area contributed by atoms with Crippen LogP contribution >= 0.6 is 0 Å². The van der Waals surface area contributed by atoms with E-state index in [1.54, 1.807) is 19.2 Å². The number of nitrogens with zero attached hydrogens (tertiary/aromatic N) is 2. The highest BCUT2D eigenvalue weighted by molar-refractivity contribution is 5.13. The van der Waals surface area contributed by atoms with Gasteiger partial charge in [0, 0.05) is 6.07 Å². The number of ether oxygens (including phenoxy) is 2. The molecule has 0 aliphatic rings. The molecule has 84 valence electrons. The molecule has 5 heteroatoms. The molecule has 1 rings (SSSR count). The van der Waals surface area contributed by atoms with Crippen LogP contribution in [0.3, 0.4) is 0 Å². The zero-order chi connectivity index (χ0) is 11.3. The van der Waals surface area contributed by atoms with Crippen LogP contribution in [0.1, 0.15) is 25.6 Å². The van der Waals surface area contributed by atoms with Gasteiger partial charge in [-0.2, -0.15) is 5.10 Å². The molecule has 0 amide bonds. The van der Waals surface area contributed by atoms with E-state index in [1.165, 1.54) is 0 Å². The van der Waals surface area contributed by atoms with Crippen molar-refractivity contribution in [2.75, 3.05) is 13.7 Å². The van der Waals surface area contributed by atoms with Crippen molar-refractivity contribution in [1.29, 1.82) is 0 Å². The fourth-order valence-corrected chi connectivity index (χ4v) is 1.02. The molecule has 5 nitrogen and oxygen atoms in total. The first-order valence-corrected chi connectivity index (χ1v) is 4.88. The van der Waals surface area contributed by atoms with Crippen molar-refractivity contribution >= 4 is 0 Å². The molecule has 15 heavy (non-hydrogen) atoms. The summed E-state index contributed by atoms with van der Waals surface area (Å²) in [6, 6.07) is 3.28. The first-order chi connectivity index (χ1) is 7.13. The van der Waals surface area contributed by atoms with Crippen molar-refractivity contribution < 1.29 is 9.47 Å². The summed E-state index contributed by atoms with van der Waals surface area (Å²) < 4.78 is 10.3. The van der Waals surface area contributed by atoms with E-state index in [4.69, 9.17) is 15.2 Å². The van der Waals surface area contributed by atoms with Gasteiger partial charge in [-0.3, -0.25) is 0 Å². The van der Waals surface area contributed by atoms with Gasteiger partial charge in [0.25, 0.3) is 0 Å². The van der Waals surface area contributed by atoms with Crippen molar-refractivity contribution in [1.82, 2.24) is 10.2 Å². The topological polar surface area (TPSA) is 70.3 Å². The van der Waals surface area contributed by atoms with E-state index in [0.29, 0.717) is 18.2 Å². The predicted molar refractivity (Wildman–Crippen MR) is 56.6 cm³/mol. The summed E-state index contributed by atoms with van der Waals surface area (Å²) in [6.45, 7) is 4.37. The molecule has 0 radical (unpaired) electrons. The Bertz CT molecular complexity index is 287. The molecule has 1 aromatic rings. The molecule has 1 aromatic heterocycles. The van der Waals surface area contributed by atoms with E-state index in [0.717, 1.165) is 0 Å². The maximum absolute atomic E-state index is 5.87. The Balaban J connectivity index is 2.54. The Hall–Kier alpha value is -1.20. The number of nitrogens with two attached hydrogens (primary N) is 1. The minimum absolute atomic E-state index is 0.169. The summed E-state index contributed by atoms with van der Waals surface area (Å²) in [7, 11) is 1.55. The van der Waals surface area contributed by atoms with E-state index >= 15 is 0 Å². The molecule has 2 N–H and O–H groups in total. The van der Waals surface area contributed by atoms with Crippen LogP contribution < -0.4 is 10.5 Å². The zero-order valence-corrected chi connectivity index (χ0v) is 9.30. The van der Waals surface area contributed by atoms with E-state index < -0.39 is 0 Å². The SMILES string of the molecule is COc1ccc(C(N)COC(C)C)nn1. The van der Waals surface area contributed by atoms with Crippen LogP contribution in [0.25, 0.3) is 0 Å². The molecular weight excluding hydrogens is 194 g/mol. The molecule has 0 fully saturated rings. The first-order valence-electron chi connectivity index (χ1n) is 4.88.